The molecular weight excluding hydrogens is 172 g/mol. The molecule has 74 valence electrons. The van der Waals surface area contributed by atoms with E-state index >= 15 is 0 Å². The first-order valence-corrected chi connectivity index (χ1v) is 4.52. The van der Waals surface area contributed by atoms with Crippen molar-refractivity contribution in [2.24, 2.45) is 0 Å². The summed E-state index contributed by atoms with van der Waals surface area (Å²) in [4.78, 5) is 22.1. The van der Waals surface area contributed by atoms with E-state index in [0.717, 1.165) is 12.8 Å². The fourth-order valence-corrected chi connectivity index (χ4v) is 1.37. The third-order valence-corrected chi connectivity index (χ3v) is 2.11. The number of aldehydes is 1. The third kappa shape index (κ3) is 2.06. The zero-order valence-corrected chi connectivity index (χ0v) is 7.75. The Morgan fingerprint density at radius 1 is 1.62 bits per heavy atom. The van der Waals surface area contributed by atoms with Crippen LogP contribution < -0.4 is 0 Å². The highest BCUT2D eigenvalue weighted by Gasteiger charge is 2.42. The van der Waals surface area contributed by atoms with Crippen LogP contribution in [0.3, 0.4) is 0 Å². The maximum Gasteiger partial charge on any atom is 0.345 e. The van der Waals surface area contributed by atoms with Crippen molar-refractivity contribution >= 4 is 12.3 Å². The van der Waals surface area contributed by atoms with Gasteiger partial charge in [-0.05, 0) is 26.2 Å². The summed E-state index contributed by atoms with van der Waals surface area (Å²) in [5, 5.41) is 0. The highest BCUT2D eigenvalue weighted by atomic mass is 16.6. The van der Waals surface area contributed by atoms with E-state index in [0.29, 0.717) is 19.3 Å². The van der Waals surface area contributed by atoms with E-state index in [1.807, 2.05) is 0 Å². The minimum atomic E-state index is -1.31. The molecule has 13 heavy (non-hydrogen) atoms. The molecule has 4 heteroatoms. The van der Waals surface area contributed by atoms with Gasteiger partial charge in [0.25, 0.3) is 0 Å². The van der Waals surface area contributed by atoms with Gasteiger partial charge in [0, 0.05) is 6.61 Å². The van der Waals surface area contributed by atoms with Crippen molar-refractivity contribution in [3.05, 3.63) is 0 Å². The van der Waals surface area contributed by atoms with Crippen molar-refractivity contribution in [3.8, 4) is 0 Å². The molecule has 1 atom stereocenters. The quantitative estimate of drug-likeness (QED) is 0.369. The molecule has 0 aromatic heterocycles. The Balaban J connectivity index is 2.66. The van der Waals surface area contributed by atoms with E-state index in [1.165, 1.54) is 0 Å². The average molecular weight is 186 g/mol. The molecule has 1 unspecified atom stereocenters. The number of esters is 1. The smallest absolute Gasteiger partial charge is 0.345 e. The van der Waals surface area contributed by atoms with Gasteiger partial charge in [0.05, 0.1) is 6.61 Å². The van der Waals surface area contributed by atoms with Crippen LogP contribution in [0.1, 0.15) is 26.2 Å². The van der Waals surface area contributed by atoms with Gasteiger partial charge in [-0.15, -0.1) is 0 Å². The van der Waals surface area contributed by atoms with Gasteiger partial charge in [-0.1, -0.05) is 0 Å². The maximum absolute atomic E-state index is 11.4. The third-order valence-electron chi connectivity index (χ3n) is 2.11. The largest absolute Gasteiger partial charge is 0.464 e. The molecule has 1 aliphatic rings. The summed E-state index contributed by atoms with van der Waals surface area (Å²) in [7, 11) is 0. The Morgan fingerprint density at radius 2 is 2.38 bits per heavy atom. The Bertz CT molecular complexity index is 194. The number of hydrogen-bond donors (Lipinski definition) is 0. The molecule has 0 saturated carbocycles. The molecule has 0 aromatic rings. The molecule has 0 amide bonds. The Kier molecular flexibility index (Phi) is 3.42. The summed E-state index contributed by atoms with van der Waals surface area (Å²) in [5.41, 5.74) is -1.31. The summed E-state index contributed by atoms with van der Waals surface area (Å²) in [5.74, 6) is -0.551. The Morgan fingerprint density at radius 3 is 2.85 bits per heavy atom. The minimum absolute atomic E-state index is 0.276. The second-order valence-corrected chi connectivity index (χ2v) is 3.03. The minimum Gasteiger partial charge on any atom is -0.464 e. The predicted molar refractivity (Wildman–Crippen MR) is 45.2 cm³/mol. The lowest BCUT2D eigenvalue weighted by molar-refractivity contribution is -0.177. The van der Waals surface area contributed by atoms with Crippen LogP contribution in [-0.4, -0.2) is 31.1 Å². The van der Waals surface area contributed by atoms with Crippen molar-refractivity contribution in [3.63, 3.8) is 0 Å². The first-order chi connectivity index (χ1) is 6.25. The van der Waals surface area contributed by atoms with Crippen molar-refractivity contribution in [1.82, 2.24) is 0 Å². The van der Waals surface area contributed by atoms with Crippen molar-refractivity contribution < 1.29 is 19.1 Å². The topological polar surface area (TPSA) is 52.6 Å². The van der Waals surface area contributed by atoms with E-state index in [2.05, 4.69) is 0 Å². The van der Waals surface area contributed by atoms with Crippen LogP contribution in [0, 0.1) is 0 Å². The van der Waals surface area contributed by atoms with E-state index in [4.69, 9.17) is 9.47 Å². The summed E-state index contributed by atoms with van der Waals surface area (Å²) in [6.45, 7) is 2.44. The molecular formula is C9H14O4. The van der Waals surface area contributed by atoms with Crippen LogP contribution in [0.4, 0.5) is 0 Å². The molecule has 4 nitrogen and oxygen atoms in total. The molecule has 1 heterocycles. The highest BCUT2D eigenvalue weighted by Crippen LogP contribution is 2.24. The summed E-state index contributed by atoms with van der Waals surface area (Å²) >= 11 is 0. The molecule has 1 saturated heterocycles. The lowest BCUT2D eigenvalue weighted by Crippen LogP contribution is -2.47. The van der Waals surface area contributed by atoms with E-state index < -0.39 is 11.6 Å². The van der Waals surface area contributed by atoms with Crippen LogP contribution in [0.5, 0.6) is 0 Å². The predicted octanol–water partition coefficient (Wildman–Crippen LogP) is 0.688. The monoisotopic (exact) mass is 186 g/mol. The van der Waals surface area contributed by atoms with Gasteiger partial charge in [-0.2, -0.15) is 0 Å². The standard InChI is InChI=1S/C9H14O4/c1-2-12-8(11)9(7-10)5-3-4-6-13-9/h7H,2-6H2,1H3. The van der Waals surface area contributed by atoms with Crippen LogP contribution in [-0.2, 0) is 19.1 Å². The zero-order chi connectivity index (χ0) is 9.73. The summed E-state index contributed by atoms with van der Waals surface area (Å²) < 4.78 is 9.97. The Hall–Kier alpha value is -0.900. The lowest BCUT2D eigenvalue weighted by Gasteiger charge is -2.29. The van der Waals surface area contributed by atoms with Gasteiger partial charge in [-0.3, -0.25) is 4.79 Å². The molecule has 0 spiro atoms. The molecule has 0 aromatic carbocycles. The SMILES string of the molecule is CCOC(=O)C1(C=O)CCCCO1. The number of ether oxygens (including phenoxy) is 2. The van der Waals surface area contributed by atoms with Gasteiger partial charge < -0.3 is 9.47 Å². The number of carbonyl (C=O) groups is 2. The molecule has 0 N–H and O–H groups in total. The van der Waals surface area contributed by atoms with Gasteiger partial charge in [0.2, 0.25) is 5.60 Å². The molecule has 0 bridgehead atoms. The number of hydrogen-bond acceptors (Lipinski definition) is 4. The highest BCUT2D eigenvalue weighted by molar-refractivity contribution is 5.96. The van der Waals surface area contributed by atoms with Gasteiger partial charge >= 0.3 is 5.97 Å². The molecule has 1 aliphatic heterocycles. The van der Waals surface area contributed by atoms with Crippen LogP contribution >= 0.6 is 0 Å². The molecule has 1 fully saturated rings. The van der Waals surface area contributed by atoms with Crippen LogP contribution in [0.15, 0.2) is 0 Å². The van der Waals surface area contributed by atoms with Gasteiger partial charge in [0.1, 0.15) is 0 Å². The molecule has 0 radical (unpaired) electrons. The van der Waals surface area contributed by atoms with E-state index in [9.17, 15) is 9.59 Å². The second kappa shape index (κ2) is 4.37. The second-order valence-electron chi connectivity index (χ2n) is 3.03. The maximum atomic E-state index is 11.4. The van der Waals surface area contributed by atoms with E-state index in [-0.39, 0.29) is 6.61 Å². The van der Waals surface area contributed by atoms with Crippen molar-refractivity contribution in [2.45, 2.75) is 31.8 Å². The summed E-state index contributed by atoms with van der Waals surface area (Å²) in [6, 6.07) is 0. The zero-order valence-electron chi connectivity index (χ0n) is 7.75. The van der Waals surface area contributed by atoms with Crippen LogP contribution in [0.2, 0.25) is 0 Å². The fourth-order valence-electron chi connectivity index (χ4n) is 1.37. The normalized spacial score (nSPS) is 28.1. The number of carbonyl (C=O) groups excluding carboxylic acids is 2. The van der Waals surface area contributed by atoms with Gasteiger partial charge in [-0.25, -0.2) is 4.79 Å². The van der Waals surface area contributed by atoms with Crippen molar-refractivity contribution in [2.75, 3.05) is 13.2 Å². The number of rotatable bonds is 3. The van der Waals surface area contributed by atoms with E-state index in [1.54, 1.807) is 6.92 Å². The first kappa shape index (κ1) is 10.2. The first-order valence-electron chi connectivity index (χ1n) is 4.52. The fraction of sp³-hybridized carbons (Fsp3) is 0.778. The average Bonchev–Trinajstić information content (AvgIpc) is 2.19. The Labute approximate surface area is 77.2 Å². The lowest BCUT2D eigenvalue weighted by atomic mass is 9.95. The van der Waals surface area contributed by atoms with Crippen molar-refractivity contribution in [1.29, 1.82) is 0 Å². The van der Waals surface area contributed by atoms with Gasteiger partial charge in [0.15, 0.2) is 6.29 Å². The molecule has 1 rings (SSSR count). The summed E-state index contributed by atoms with van der Waals surface area (Å²) in [6.07, 6.45) is 2.73. The molecule has 0 aliphatic carbocycles. The van der Waals surface area contributed by atoms with Crippen LogP contribution in [0.25, 0.3) is 0 Å².